The van der Waals surface area contributed by atoms with Crippen LogP contribution in [0.5, 0.6) is 11.5 Å². The molecule has 0 N–H and O–H groups in total. The van der Waals surface area contributed by atoms with Gasteiger partial charge in [0.2, 0.25) is 0 Å². The highest BCUT2D eigenvalue weighted by Gasteiger charge is 2.05. The van der Waals surface area contributed by atoms with Crippen molar-refractivity contribution < 1.29 is 4.74 Å². The number of pyridine rings is 1. The number of halogens is 2. The summed E-state index contributed by atoms with van der Waals surface area (Å²) in [4.78, 5) is 4.33. The Morgan fingerprint density at radius 3 is 2.42 bits per heavy atom. The van der Waals surface area contributed by atoms with Crippen molar-refractivity contribution >= 4 is 34.1 Å². The van der Waals surface area contributed by atoms with Gasteiger partial charge in [-0.15, -0.1) is 0 Å². The van der Waals surface area contributed by atoms with Crippen LogP contribution in [0.3, 0.4) is 0 Å². The van der Waals surface area contributed by atoms with E-state index in [1.165, 1.54) is 0 Å². The molecule has 0 amide bonds. The van der Waals surface area contributed by atoms with Gasteiger partial charge in [-0.25, -0.2) is 0 Å². The topological polar surface area (TPSA) is 22.1 Å². The molecule has 0 unspecified atom stereocenters. The summed E-state index contributed by atoms with van der Waals surface area (Å²) in [5.74, 6) is 1.27. The molecule has 0 saturated heterocycles. The average Bonchev–Trinajstić information content (AvgIpc) is 2.38. The van der Waals surface area contributed by atoms with Crippen molar-refractivity contribution in [3.8, 4) is 11.5 Å². The zero-order chi connectivity index (χ0) is 13.2. The van der Waals surface area contributed by atoms with Gasteiger partial charge in [0.1, 0.15) is 11.3 Å². The third-order valence-corrected chi connectivity index (χ3v) is 3.10. The van der Waals surface area contributed by atoms with Gasteiger partial charge in [-0.3, -0.25) is 4.98 Å². The first kappa shape index (κ1) is 12.3. The van der Waals surface area contributed by atoms with E-state index in [-0.39, 0.29) is 0 Å². The molecule has 0 aliphatic carbocycles. The molecule has 1 aromatic heterocycles. The van der Waals surface area contributed by atoms with Crippen molar-refractivity contribution in [3.05, 3.63) is 64.8 Å². The second kappa shape index (κ2) is 5.08. The Kier molecular flexibility index (Phi) is 3.28. The van der Waals surface area contributed by atoms with Gasteiger partial charge < -0.3 is 4.74 Å². The van der Waals surface area contributed by atoms with Crippen molar-refractivity contribution in [1.29, 1.82) is 0 Å². The molecule has 3 aromatic rings. The highest BCUT2D eigenvalue weighted by molar-refractivity contribution is 6.34. The summed E-state index contributed by atoms with van der Waals surface area (Å²) in [6.07, 6.45) is 1.74. The smallest absolute Gasteiger partial charge is 0.153 e. The standard InChI is InChI=1S/C15H9Cl2NO/c16-11-7-12(17)9-13(8-11)19-14-5-1-3-10-4-2-6-18-15(10)14/h1-9H. The third kappa shape index (κ3) is 2.65. The number of nitrogens with zero attached hydrogens (tertiary/aromatic N) is 1. The highest BCUT2D eigenvalue weighted by Crippen LogP contribution is 2.31. The SMILES string of the molecule is Clc1cc(Cl)cc(Oc2cccc3cccnc23)c1. The van der Waals surface area contributed by atoms with E-state index in [0.29, 0.717) is 21.5 Å². The van der Waals surface area contributed by atoms with Crippen molar-refractivity contribution in [1.82, 2.24) is 4.98 Å². The van der Waals surface area contributed by atoms with Gasteiger partial charge in [-0.05, 0) is 30.3 Å². The van der Waals surface area contributed by atoms with Gasteiger partial charge in [0, 0.05) is 21.6 Å². The molecule has 0 spiro atoms. The summed E-state index contributed by atoms with van der Waals surface area (Å²) in [5, 5.41) is 2.10. The number of para-hydroxylation sites is 1. The second-order valence-electron chi connectivity index (χ2n) is 4.04. The van der Waals surface area contributed by atoms with E-state index in [1.807, 2.05) is 30.3 Å². The summed E-state index contributed by atoms with van der Waals surface area (Å²) in [5.41, 5.74) is 0.807. The van der Waals surface area contributed by atoms with E-state index in [2.05, 4.69) is 4.98 Å². The molecule has 0 saturated carbocycles. The van der Waals surface area contributed by atoms with E-state index < -0.39 is 0 Å². The predicted octanol–water partition coefficient (Wildman–Crippen LogP) is 5.33. The molecule has 0 aliphatic rings. The molecule has 2 nitrogen and oxygen atoms in total. The van der Waals surface area contributed by atoms with Crippen LogP contribution in [0.2, 0.25) is 10.0 Å². The first-order valence-electron chi connectivity index (χ1n) is 5.70. The van der Waals surface area contributed by atoms with Crippen molar-refractivity contribution in [2.45, 2.75) is 0 Å². The zero-order valence-corrected chi connectivity index (χ0v) is 11.3. The lowest BCUT2D eigenvalue weighted by atomic mass is 10.2. The van der Waals surface area contributed by atoms with Crippen molar-refractivity contribution in [3.63, 3.8) is 0 Å². The fraction of sp³-hybridized carbons (Fsp3) is 0. The van der Waals surface area contributed by atoms with Crippen LogP contribution in [0.1, 0.15) is 0 Å². The maximum Gasteiger partial charge on any atom is 0.153 e. The molecule has 4 heteroatoms. The molecule has 1 heterocycles. The van der Waals surface area contributed by atoms with Crippen LogP contribution in [-0.4, -0.2) is 4.98 Å². The van der Waals surface area contributed by atoms with Gasteiger partial charge in [0.05, 0.1) is 0 Å². The van der Waals surface area contributed by atoms with Gasteiger partial charge in [-0.1, -0.05) is 41.4 Å². The third-order valence-electron chi connectivity index (χ3n) is 2.66. The Morgan fingerprint density at radius 2 is 1.63 bits per heavy atom. The molecular formula is C15H9Cl2NO. The molecule has 2 aromatic carbocycles. The van der Waals surface area contributed by atoms with E-state index in [9.17, 15) is 0 Å². The van der Waals surface area contributed by atoms with Crippen molar-refractivity contribution in [2.24, 2.45) is 0 Å². The molecule has 0 atom stereocenters. The summed E-state index contributed by atoms with van der Waals surface area (Å²) in [6, 6.07) is 14.8. The van der Waals surface area contributed by atoms with Crippen molar-refractivity contribution in [2.75, 3.05) is 0 Å². The maximum atomic E-state index is 5.95. The monoisotopic (exact) mass is 289 g/mol. The zero-order valence-electron chi connectivity index (χ0n) is 9.81. The minimum Gasteiger partial charge on any atom is -0.455 e. The molecule has 19 heavy (non-hydrogen) atoms. The first-order chi connectivity index (χ1) is 9.22. The molecular weight excluding hydrogens is 281 g/mol. The number of hydrogen-bond donors (Lipinski definition) is 0. The molecule has 3 rings (SSSR count). The van der Waals surface area contributed by atoms with E-state index in [4.69, 9.17) is 27.9 Å². The number of ether oxygens (including phenoxy) is 1. The summed E-state index contributed by atoms with van der Waals surface area (Å²) < 4.78 is 5.82. The molecule has 0 fully saturated rings. The fourth-order valence-corrected chi connectivity index (χ4v) is 2.38. The van der Waals surface area contributed by atoms with E-state index in [1.54, 1.807) is 24.4 Å². The normalized spacial score (nSPS) is 10.6. The molecule has 94 valence electrons. The maximum absolute atomic E-state index is 5.95. The fourth-order valence-electron chi connectivity index (χ4n) is 1.87. The van der Waals surface area contributed by atoms with Gasteiger partial charge >= 0.3 is 0 Å². The van der Waals surface area contributed by atoms with Gasteiger partial charge in [0.25, 0.3) is 0 Å². The predicted molar refractivity (Wildman–Crippen MR) is 78.3 cm³/mol. The van der Waals surface area contributed by atoms with Crippen LogP contribution in [0.25, 0.3) is 10.9 Å². The lowest BCUT2D eigenvalue weighted by Crippen LogP contribution is -1.88. The highest BCUT2D eigenvalue weighted by atomic mass is 35.5. The number of aromatic nitrogens is 1. The number of benzene rings is 2. The largest absolute Gasteiger partial charge is 0.455 e. The Bertz CT molecular complexity index is 718. The van der Waals surface area contributed by atoms with Gasteiger partial charge in [-0.2, -0.15) is 0 Å². The van der Waals surface area contributed by atoms with Crippen LogP contribution in [0, 0.1) is 0 Å². The minimum atomic E-state index is 0.538. The Labute approximate surface area is 120 Å². The lowest BCUT2D eigenvalue weighted by Gasteiger charge is -2.08. The van der Waals surface area contributed by atoms with Crippen LogP contribution in [0.4, 0.5) is 0 Å². The average molecular weight is 290 g/mol. The first-order valence-corrected chi connectivity index (χ1v) is 6.46. The van der Waals surface area contributed by atoms with E-state index in [0.717, 1.165) is 10.9 Å². The van der Waals surface area contributed by atoms with Crippen LogP contribution < -0.4 is 4.74 Å². The molecule has 0 radical (unpaired) electrons. The summed E-state index contributed by atoms with van der Waals surface area (Å²) in [7, 11) is 0. The minimum absolute atomic E-state index is 0.538. The van der Waals surface area contributed by atoms with E-state index >= 15 is 0 Å². The number of rotatable bonds is 2. The Balaban J connectivity index is 2.05. The van der Waals surface area contributed by atoms with Crippen LogP contribution in [0.15, 0.2) is 54.7 Å². The second-order valence-corrected chi connectivity index (χ2v) is 4.91. The molecule has 0 aliphatic heterocycles. The van der Waals surface area contributed by atoms with Crippen LogP contribution >= 0.6 is 23.2 Å². The molecule has 0 bridgehead atoms. The quantitative estimate of drug-likeness (QED) is 0.636. The van der Waals surface area contributed by atoms with Gasteiger partial charge in [0.15, 0.2) is 5.75 Å². The Morgan fingerprint density at radius 1 is 0.895 bits per heavy atom. The lowest BCUT2D eigenvalue weighted by molar-refractivity contribution is 0.487. The van der Waals surface area contributed by atoms with Crippen LogP contribution in [-0.2, 0) is 0 Å². The summed E-state index contributed by atoms with van der Waals surface area (Å²) >= 11 is 11.9. The Hall–Kier alpha value is -1.77. The number of fused-ring (bicyclic) bond motifs is 1. The number of hydrogen-bond acceptors (Lipinski definition) is 2. The summed E-state index contributed by atoms with van der Waals surface area (Å²) in [6.45, 7) is 0.